The summed E-state index contributed by atoms with van der Waals surface area (Å²) < 4.78 is 5.11. The normalized spacial score (nSPS) is 11.1. The van der Waals surface area contributed by atoms with Crippen LogP contribution >= 0.6 is 0 Å². The summed E-state index contributed by atoms with van der Waals surface area (Å²) in [5.74, 6) is 0.975. The number of furan rings is 1. The summed E-state index contributed by atoms with van der Waals surface area (Å²) in [4.78, 5) is 11.7. The third-order valence-electron chi connectivity index (χ3n) is 2.79. The number of carbonyl (C=O) groups is 1. The van der Waals surface area contributed by atoms with Gasteiger partial charge in [0.05, 0.1) is 6.26 Å². The SMILES string of the molecule is CC(C)c1ccc(NC(=O)C=Cc2ccco2)cc1. The first kappa shape index (κ1) is 13.1. The number of anilines is 1. The van der Waals surface area contributed by atoms with Crippen LogP contribution in [0.1, 0.15) is 31.1 Å². The molecule has 0 bridgehead atoms. The van der Waals surface area contributed by atoms with Gasteiger partial charge < -0.3 is 9.73 Å². The standard InChI is InChI=1S/C16H17NO2/c1-12(2)13-5-7-14(8-6-13)17-16(18)10-9-15-4-3-11-19-15/h3-12H,1-2H3,(H,17,18). The van der Waals surface area contributed by atoms with Crippen molar-refractivity contribution in [2.75, 3.05) is 5.32 Å². The van der Waals surface area contributed by atoms with Crippen LogP contribution in [-0.4, -0.2) is 5.91 Å². The van der Waals surface area contributed by atoms with E-state index in [1.807, 2.05) is 24.3 Å². The number of nitrogens with one attached hydrogen (secondary N) is 1. The molecule has 0 radical (unpaired) electrons. The van der Waals surface area contributed by atoms with E-state index >= 15 is 0 Å². The molecule has 2 rings (SSSR count). The van der Waals surface area contributed by atoms with E-state index in [-0.39, 0.29) is 5.91 Å². The van der Waals surface area contributed by atoms with E-state index in [2.05, 4.69) is 19.2 Å². The zero-order valence-corrected chi connectivity index (χ0v) is 11.1. The first-order chi connectivity index (χ1) is 9.15. The summed E-state index contributed by atoms with van der Waals surface area (Å²) in [6.45, 7) is 4.28. The van der Waals surface area contributed by atoms with Gasteiger partial charge in [0.1, 0.15) is 5.76 Å². The number of rotatable bonds is 4. The Labute approximate surface area is 112 Å². The number of hydrogen-bond acceptors (Lipinski definition) is 2. The van der Waals surface area contributed by atoms with Crippen molar-refractivity contribution in [3.63, 3.8) is 0 Å². The summed E-state index contributed by atoms with van der Waals surface area (Å²) in [5, 5.41) is 2.80. The lowest BCUT2D eigenvalue weighted by Crippen LogP contribution is -2.07. The molecule has 98 valence electrons. The Morgan fingerprint density at radius 3 is 2.53 bits per heavy atom. The second kappa shape index (κ2) is 6.05. The van der Waals surface area contributed by atoms with Crippen molar-refractivity contribution >= 4 is 17.7 Å². The van der Waals surface area contributed by atoms with Crippen LogP contribution in [0.4, 0.5) is 5.69 Å². The number of amides is 1. The minimum atomic E-state index is -0.173. The lowest BCUT2D eigenvalue weighted by molar-refractivity contribution is -0.111. The van der Waals surface area contributed by atoms with Crippen molar-refractivity contribution in [2.45, 2.75) is 19.8 Å². The van der Waals surface area contributed by atoms with Crippen molar-refractivity contribution in [2.24, 2.45) is 0 Å². The van der Waals surface area contributed by atoms with E-state index < -0.39 is 0 Å². The first-order valence-corrected chi connectivity index (χ1v) is 6.27. The molecular formula is C16H17NO2. The zero-order chi connectivity index (χ0) is 13.7. The maximum atomic E-state index is 11.7. The Hall–Kier alpha value is -2.29. The van der Waals surface area contributed by atoms with Crippen molar-refractivity contribution in [3.8, 4) is 0 Å². The summed E-state index contributed by atoms with van der Waals surface area (Å²) in [5.41, 5.74) is 2.04. The Morgan fingerprint density at radius 2 is 1.95 bits per heavy atom. The fourth-order valence-corrected chi connectivity index (χ4v) is 1.68. The lowest BCUT2D eigenvalue weighted by atomic mass is 10.0. The molecule has 1 aromatic heterocycles. The van der Waals surface area contributed by atoms with Crippen LogP contribution in [-0.2, 0) is 4.79 Å². The van der Waals surface area contributed by atoms with Gasteiger partial charge in [-0.3, -0.25) is 4.79 Å². The number of carbonyl (C=O) groups excluding carboxylic acids is 1. The van der Waals surface area contributed by atoms with Gasteiger partial charge in [-0.05, 0) is 41.8 Å². The molecule has 0 aliphatic rings. The smallest absolute Gasteiger partial charge is 0.248 e. The maximum Gasteiger partial charge on any atom is 0.248 e. The van der Waals surface area contributed by atoms with Crippen molar-refractivity contribution in [1.29, 1.82) is 0 Å². The minimum Gasteiger partial charge on any atom is -0.465 e. The minimum absolute atomic E-state index is 0.173. The number of benzene rings is 1. The van der Waals surface area contributed by atoms with Gasteiger partial charge in [0.2, 0.25) is 5.91 Å². The maximum absolute atomic E-state index is 11.7. The molecular weight excluding hydrogens is 238 g/mol. The van der Waals surface area contributed by atoms with Gasteiger partial charge in [0, 0.05) is 11.8 Å². The van der Waals surface area contributed by atoms with E-state index in [9.17, 15) is 4.79 Å². The molecule has 1 aromatic carbocycles. The van der Waals surface area contributed by atoms with Gasteiger partial charge in [0.15, 0.2) is 0 Å². The van der Waals surface area contributed by atoms with Crippen LogP contribution in [0.2, 0.25) is 0 Å². The summed E-state index contributed by atoms with van der Waals surface area (Å²) in [7, 11) is 0. The molecule has 2 aromatic rings. The number of hydrogen-bond donors (Lipinski definition) is 1. The Bertz CT molecular complexity index is 551. The van der Waals surface area contributed by atoms with E-state index in [4.69, 9.17) is 4.42 Å². The highest BCUT2D eigenvalue weighted by Gasteiger charge is 2.01. The second-order valence-electron chi connectivity index (χ2n) is 4.61. The zero-order valence-electron chi connectivity index (χ0n) is 11.1. The first-order valence-electron chi connectivity index (χ1n) is 6.27. The molecule has 0 aliphatic heterocycles. The Kier molecular flexibility index (Phi) is 4.18. The molecule has 0 fully saturated rings. The molecule has 3 heteroatoms. The summed E-state index contributed by atoms with van der Waals surface area (Å²) >= 11 is 0. The average Bonchev–Trinajstić information content (AvgIpc) is 2.90. The fourth-order valence-electron chi connectivity index (χ4n) is 1.68. The molecule has 0 saturated carbocycles. The van der Waals surface area contributed by atoms with Gasteiger partial charge in [-0.25, -0.2) is 0 Å². The molecule has 0 atom stereocenters. The van der Waals surface area contributed by atoms with Crippen LogP contribution < -0.4 is 5.32 Å². The Morgan fingerprint density at radius 1 is 1.21 bits per heavy atom. The third-order valence-corrected chi connectivity index (χ3v) is 2.79. The molecule has 3 nitrogen and oxygen atoms in total. The van der Waals surface area contributed by atoms with E-state index in [1.165, 1.54) is 11.6 Å². The van der Waals surface area contributed by atoms with Gasteiger partial charge in [-0.15, -0.1) is 0 Å². The molecule has 0 saturated heterocycles. The largest absolute Gasteiger partial charge is 0.465 e. The summed E-state index contributed by atoms with van der Waals surface area (Å²) in [6.07, 6.45) is 4.66. The molecule has 1 N–H and O–H groups in total. The van der Waals surface area contributed by atoms with E-state index in [0.717, 1.165) is 5.69 Å². The van der Waals surface area contributed by atoms with E-state index in [0.29, 0.717) is 11.7 Å². The van der Waals surface area contributed by atoms with Crippen LogP contribution in [0.25, 0.3) is 6.08 Å². The van der Waals surface area contributed by atoms with Crippen molar-refractivity contribution in [1.82, 2.24) is 0 Å². The highest BCUT2D eigenvalue weighted by atomic mass is 16.3. The van der Waals surface area contributed by atoms with Gasteiger partial charge in [-0.1, -0.05) is 26.0 Å². The highest BCUT2D eigenvalue weighted by molar-refractivity contribution is 6.01. The topological polar surface area (TPSA) is 42.2 Å². The van der Waals surface area contributed by atoms with Gasteiger partial charge in [0.25, 0.3) is 0 Å². The van der Waals surface area contributed by atoms with Crippen LogP contribution in [0, 0.1) is 0 Å². The Balaban J connectivity index is 1.95. The molecule has 1 amide bonds. The average molecular weight is 255 g/mol. The van der Waals surface area contributed by atoms with Gasteiger partial charge in [-0.2, -0.15) is 0 Å². The van der Waals surface area contributed by atoms with Crippen LogP contribution in [0.5, 0.6) is 0 Å². The predicted molar refractivity (Wildman–Crippen MR) is 76.9 cm³/mol. The molecule has 0 aliphatic carbocycles. The summed E-state index contributed by atoms with van der Waals surface area (Å²) in [6, 6.07) is 11.4. The van der Waals surface area contributed by atoms with Gasteiger partial charge >= 0.3 is 0 Å². The monoisotopic (exact) mass is 255 g/mol. The van der Waals surface area contributed by atoms with Crippen molar-refractivity contribution in [3.05, 3.63) is 60.1 Å². The second-order valence-corrected chi connectivity index (χ2v) is 4.61. The molecule has 0 spiro atoms. The third kappa shape index (κ3) is 3.85. The van der Waals surface area contributed by atoms with Crippen LogP contribution in [0.3, 0.4) is 0 Å². The van der Waals surface area contributed by atoms with Crippen LogP contribution in [0.15, 0.2) is 53.2 Å². The highest BCUT2D eigenvalue weighted by Crippen LogP contribution is 2.17. The fraction of sp³-hybridized carbons (Fsp3) is 0.188. The molecule has 19 heavy (non-hydrogen) atoms. The quantitative estimate of drug-likeness (QED) is 0.837. The lowest BCUT2D eigenvalue weighted by Gasteiger charge is -2.07. The van der Waals surface area contributed by atoms with Crippen molar-refractivity contribution < 1.29 is 9.21 Å². The molecule has 0 unspecified atom stereocenters. The molecule has 1 heterocycles. The predicted octanol–water partition coefficient (Wildman–Crippen LogP) is 4.05. The van der Waals surface area contributed by atoms with E-state index in [1.54, 1.807) is 24.5 Å².